The van der Waals surface area contributed by atoms with Gasteiger partial charge in [-0.2, -0.15) is 0 Å². The molecule has 0 atom stereocenters. The summed E-state index contributed by atoms with van der Waals surface area (Å²) < 4.78 is 0. The molecule has 430 valence electrons. The lowest BCUT2D eigenvalue weighted by atomic mass is 9.33. The number of aryl methyl sites for hydroxylation is 2. The lowest BCUT2D eigenvalue weighted by Crippen LogP contribution is -2.61. The maximum atomic E-state index is 2.74. The molecule has 13 rings (SSSR count). The minimum Gasteiger partial charge on any atom is -0.311 e. The zero-order valence-electron chi connectivity index (χ0n) is 54.8. The highest BCUT2D eigenvalue weighted by Gasteiger charge is 2.50. The fourth-order valence-corrected chi connectivity index (χ4v) is 16.2. The standard InChI is InChI=1S/C80H92BN3/c1-48-38-70-72-71(39-48)84(67-45-63-61(40-49(67)2)76(12,13)36-37-77(63,14)15)69-46-64-62(78(16,17)47-79(64,18)19)44-66(69)81(72)65-35-32-56(82(53-27-22-50(23-28-53)73(3,4)5)54-29-24-51(25-30-54)74(6,7)8)43-68(65)83(70)55-31-34-58-57-33-26-52(75(9,10)11)41-59(57)80(20,21)60(58)42-55/h22-35,38-46H,36-37,47H2,1-21H3. The van der Waals surface area contributed by atoms with Gasteiger partial charge < -0.3 is 14.7 Å². The van der Waals surface area contributed by atoms with Crippen molar-refractivity contribution in [2.45, 2.75) is 208 Å². The van der Waals surface area contributed by atoms with Crippen molar-refractivity contribution in [3.8, 4) is 11.1 Å². The molecule has 0 N–H and O–H groups in total. The van der Waals surface area contributed by atoms with Crippen molar-refractivity contribution in [3.05, 3.63) is 201 Å². The normalized spacial score (nSPS) is 18.1. The summed E-state index contributed by atoms with van der Waals surface area (Å²) in [5.41, 5.74) is 33.2. The molecular weight excluding hydrogens is 1010 g/mol. The Hall–Kier alpha value is -6.78. The lowest BCUT2D eigenvalue weighted by molar-refractivity contribution is 0.332. The molecule has 0 aromatic heterocycles. The van der Waals surface area contributed by atoms with E-state index in [0.29, 0.717) is 0 Å². The first-order valence-electron chi connectivity index (χ1n) is 31.6. The van der Waals surface area contributed by atoms with Gasteiger partial charge in [0.1, 0.15) is 0 Å². The van der Waals surface area contributed by atoms with Crippen molar-refractivity contribution in [1.82, 2.24) is 0 Å². The molecule has 0 amide bonds. The number of hydrogen-bond donors (Lipinski definition) is 0. The molecule has 0 fully saturated rings. The van der Waals surface area contributed by atoms with E-state index in [4.69, 9.17) is 0 Å². The molecule has 0 unspecified atom stereocenters. The number of nitrogens with zero attached hydrogens (tertiary/aromatic N) is 3. The SMILES string of the molecule is Cc1cc2c3c(c1)N(c1cc4c(cc1C)C(C)(C)CCC4(C)C)c1cc4c(cc1B3c1ccc(N(c3ccc(C(C)(C)C)cc3)c3ccc(C(C)(C)C)cc3)cc1N2c1ccc2c(c1)C(C)(C)c1cc(C(C)(C)C)ccc1-2)C(C)(C)CC4(C)C. The molecule has 2 heterocycles. The molecule has 0 spiro atoms. The van der Waals surface area contributed by atoms with E-state index in [1.165, 1.54) is 136 Å². The molecule has 3 aliphatic carbocycles. The minimum atomic E-state index is -0.213. The number of fused-ring (bicyclic) bond motifs is 9. The van der Waals surface area contributed by atoms with Crippen LogP contribution >= 0.6 is 0 Å². The second-order valence-electron chi connectivity index (χ2n) is 32.7. The van der Waals surface area contributed by atoms with Crippen LogP contribution in [0.15, 0.2) is 140 Å². The van der Waals surface area contributed by atoms with Gasteiger partial charge >= 0.3 is 0 Å². The van der Waals surface area contributed by atoms with E-state index in [-0.39, 0.29) is 50.0 Å². The Morgan fingerprint density at radius 1 is 0.381 bits per heavy atom. The Labute approximate surface area is 506 Å². The third kappa shape index (κ3) is 8.62. The van der Waals surface area contributed by atoms with Crippen LogP contribution in [0.2, 0.25) is 0 Å². The average Bonchev–Trinajstić information content (AvgIpc) is 0.994. The van der Waals surface area contributed by atoms with Crippen molar-refractivity contribution in [2.75, 3.05) is 14.7 Å². The molecule has 0 bridgehead atoms. The summed E-state index contributed by atoms with van der Waals surface area (Å²) in [5.74, 6) is 0. The highest BCUT2D eigenvalue weighted by atomic mass is 15.2. The smallest absolute Gasteiger partial charge is 0.252 e. The average molecular weight is 1110 g/mol. The van der Waals surface area contributed by atoms with E-state index >= 15 is 0 Å². The number of rotatable bonds is 5. The summed E-state index contributed by atoms with van der Waals surface area (Å²) in [4.78, 5) is 7.92. The molecule has 0 saturated heterocycles. The van der Waals surface area contributed by atoms with Crippen LogP contribution in [0.25, 0.3) is 11.1 Å². The van der Waals surface area contributed by atoms with Crippen LogP contribution in [-0.2, 0) is 43.3 Å². The van der Waals surface area contributed by atoms with E-state index in [2.05, 4.69) is 300 Å². The first-order valence-corrected chi connectivity index (χ1v) is 31.6. The van der Waals surface area contributed by atoms with Crippen LogP contribution in [0.3, 0.4) is 0 Å². The van der Waals surface area contributed by atoms with Crippen molar-refractivity contribution in [3.63, 3.8) is 0 Å². The van der Waals surface area contributed by atoms with E-state index in [0.717, 1.165) is 23.5 Å². The molecule has 0 radical (unpaired) electrons. The van der Waals surface area contributed by atoms with Crippen molar-refractivity contribution < 1.29 is 0 Å². The van der Waals surface area contributed by atoms with Crippen LogP contribution in [0, 0.1) is 13.8 Å². The summed E-state index contributed by atoms with van der Waals surface area (Å²) in [6, 6.07) is 56.5. The fraction of sp³-hybridized carbons (Fsp3) is 0.400. The predicted octanol–water partition coefficient (Wildman–Crippen LogP) is 20.4. The topological polar surface area (TPSA) is 9.72 Å². The van der Waals surface area contributed by atoms with Gasteiger partial charge in [0.2, 0.25) is 0 Å². The summed E-state index contributed by atoms with van der Waals surface area (Å²) in [7, 11) is 0. The van der Waals surface area contributed by atoms with E-state index in [1.807, 2.05) is 0 Å². The van der Waals surface area contributed by atoms with Gasteiger partial charge in [0.05, 0.1) is 0 Å². The third-order valence-corrected chi connectivity index (χ3v) is 21.1. The summed E-state index contributed by atoms with van der Waals surface area (Å²) in [6.45, 7) is 50.3. The quantitative estimate of drug-likeness (QED) is 0.159. The number of anilines is 9. The monoisotopic (exact) mass is 1110 g/mol. The van der Waals surface area contributed by atoms with Crippen molar-refractivity contribution >= 4 is 74.3 Å². The van der Waals surface area contributed by atoms with Crippen molar-refractivity contribution in [1.29, 1.82) is 0 Å². The molecule has 4 heteroatoms. The predicted molar refractivity (Wildman–Crippen MR) is 364 cm³/mol. The lowest BCUT2D eigenvalue weighted by Gasteiger charge is -2.47. The van der Waals surface area contributed by atoms with Gasteiger partial charge in [-0.05, 0) is 233 Å². The summed E-state index contributed by atoms with van der Waals surface area (Å²) in [6.07, 6.45) is 3.46. The van der Waals surface area contributed by atoms with Crippen LogP contribution in [0.4, 0.5) is 51.2 Å². The second-order valence-corrected chi connectivity index (χ2v) is 32.7. The van der Waals surface area contributed by atoms with Gasteiger partial charge in [-0.3, -0.25) is 0 Å². The van der Waals surface area contributed by atoms with Crippen LogP contribution in [0.1, 0.15) is 212 Å². The molecule has 0 saturated carbocycles. The molecule has 84 heavy (non-hydrogen) atoms. The first kappa shape index (κ1) is 56.4. The zero-order valence-corrected chi connectivity index (χ0v) is 54.8. The second kappa shape index (κ2) is 18.1. The van der Waals surface area contributed by atoms with Gasteiger partial charge in [-0.1, -0.05) is 198 Å². The Morgan fingerprint density at radius 3 is 1.39 bits per heavy atom. The van der Waals surface area contributed by atoms with E-state index in [9.17, 15) is 0 Å². The number of hydrogen-bond acceptors (Lipinski definition) is 3. The zero-order chi connectivity index (χ0) is 60.1. The highest BCUT2D eigenvalue weighted by Crippen LogP contribution is 2.57. The van der Waals surface area contributed by atoms with Crippen LogP contribution < -0.4 is 31.1 Å². The third-order valence-electron chi connectivity index (χ3n) is 21.1. The molecule has 8 aromatic carbocycles. The summed E-state index contributed by atoms with van der Waals surface area (Å²) in [5, 5.41) is 0. The Morgan fingerprint density at radius 2 is 0.833 bits per heavy atom. The summed E-state index contributed by atoms with van der Waals surface area (Å²) >= 11 is 0. The number of benzene rings is 8. The molecular formula is C80H92BN3. The maximum absolute atomic E-state index is 2.74. The maximum Gasteiger partial charge on any atom is 0.252 e. The van der Waals surface area contributed by atoms with E-state index in [1.54, 1.807) is 0 Å². The Kier molecular flexibility index (Phi) is 12.2. The minimum absolute atomic E-state index is 0.00777. The fourth-order valence-electron chi connectivity index (χ4n) is 16.2. The largest absolute Gasteiger partial charge is 0.311 e. The van der Waals surface area contributed by atoms with Crippen LogP contribution in [-0.4, -0.2) is 6.71 Å². The molecule has 8 aromatic rings. The van der Waals surface area contributed by atoms with E-state index < -0.39 is 0 Å². The molecule has 3 nitrogen and oxygen atoms in total. The molecule has 5 aliphatic rings. The van der Waals surface area contributed by atoms with Gasteiger partial charge in [-0.15, -0.1) is 0 Å². The highest BCUT2D eigenvalue weighted by molar-refractivity contribution is 7.00. The molecule has 2 aliphatic heterocycles. The van der Waals surface area contributed by atoms with Gasteiger partial charge in [0.25, 0.3) is 6.71 Å². The Balaban J connectivity index is 1.11. The van der Waals surface area contributed by atoms with Gasteiger partial charge in [0.15, 0.2) is 0 Å². The van der Waals surface area contributed by atoms with Gasteiger partial charge in [0, 0.05) is 56.6 Å². The van der Waals surface area contributed by atoms with Crippen LogP contribution in [0.5, 0.6) is 0 Å². The first-order chi connectivity index (χ1) is 39.1. The van der Waals surface area contributed by atoms with Crippen molar-refractivity contribution in [2.24, 2.45) is 0 Å². The Bertz CT molecular complexity index is 3990. The van der Waals surface area contributed by atoms with Gasteiger partial charge in [-0.25, -0.2) is 0 Å².